The van der Waals surface area contributed by atoms with Crippen LogP contribution in [0.4, 0.5) is 0 Å². The molecule has 0 radical (unpaired) electrons. The van der Waals surface area contributed by atoms with E-state index < -0.39 is 18.0 Å². The molecule has 0 fully saturated rings. The van der Waals surface area contributed by atoms with Crippen molar-refractivity contribution >= 4 is 11.9 Å². The van der Waals surface area contributed by atoms with Gasteiger partial charge >= 0.3 is 11.9 Å². The molecule has 0 aliphatic carbocycles. The van der Waals surface area contributed by atoms with Gasteiger partial charge in [-0.25, -0.2) is 0 Å². The zero-order chi connectivity index (χ0) is 13.4. The molecule has 6 heteroatoms. The van der Waals surface area contributed by atoms with Crippen LogP contribution in [0.2, 0.25) is 0 Å². The Kier molecular flexibility index (Phi) is 5.83. The van der Waals surface area contributed by atoms with Crippen LogP contribution in [-0.2, 0) is 21.0 Å². The van der Waals surface area contributed by atoms with Crippen LogP contribution in [0.5, 0.6) is 0 Å². The summed E-state index contributed by atoms with van der Waals surface area (Å²) < 4.78 is 0. The van der Waals surface area contributed by atoms with Crippen molar-refractivity contribution in [3.8, 4) is 0 Å². The Morgan fingerprint density at radius 3 is 2.44 bits per heavy atom. The lowest BCUT2D eigenvalue weighted by atomic mass is 10.2. The van der Waals surface area contributed by atoms with Crippen LogP contribution in [0.15, 0.2) is 30.3 Å². The van der Waals surface area contributed by atoms with Crippen LogP contribution in [0, 0.1) is 0 Å². The molecular weight excluding hydrogens is 238 g/mol. The Bertz CT molecular complexity index is 393. The van der Waals surface area contributed by atoms with E-state index in [-0.39, 0.29) is 19.4 Å². The summed E-state index contributed by atoms with van der Waals surface area (Å²) in [6, 6.07) is 8.22. The zero-order valence-electron chi connectivity index (χ0n) is 9.70. The smallest absolute Gasteiger partial charge is 0.323 e. The molecular formula is C12H15NO5. The van der Waals surface area contributed by atoms with Gasteiger partial charge in [-0.05, 0) is 12.0 Å². The molecule has 1 rings (SSSR count). The number of hydrogen-bond donors (Lipinski definition) is 3. The molecule has 3 N–H and O–H groups in total. The van der Waals surface area contributed by atoms with E-state index in [0.717, 1.165) is 5.56 Å². The van der Waals surface area contributed by atoms with Crippen molar-refractivity contribution in [1.29, 1.82) is 0 Å². The maximum atomic E-state index is 10.8. The lowest BCUT2D eigenvalue weighted by Crippen LogP contribution is -2.37. The van der Waals surface area contributed by atoms with E-state index in [0.29, 0.717) is 0 Å². The second-order valence-electron chi connectivity index (χ2n) is 3.72. The fraction of sp³-hybridized carbons (Fsp3) is 0.333. The molecule has 0 aliphatic rings. The number of carboxylic acids is 2. The molecule has 0 amide bonds. The second kappa shape index (κ2) is 7.41. The average molecular weight is 253 g/mol. The molecule has 18 heavy (non-hydrogen) atoms. The maximum absolute atomic E-state index is 10.8. The summed E-state index contributed by atoms with van der Waals surface area (Å²) in [6.07, 6.45) is -0.252. The topological polar surface area (TPSA) is 95.9 Å². The predicted molar refractivity (Wildman–Crippen MR) is 62.7 cm³/mol. The van der Waals surface area contributed by atoms with Crippen molar-refractivity contribution in [1.82, 2.24) is 5.48 Å². The van der Waals surface area contributed by atoms with E-state index in [4.69, 9.17) is 15.1 Å². The minimum atomic E-state index is -1.13. The first-order valence-electron chi connectivity index (χ1n) is 5.45. The first-order valence-corrected chi connectivity index (χ1v) is 5.45. The average Bonchev–Trinajstić information content (AvgIpc) is 2.34. The zero-order valence-corrected chi connectivity index (χ0v) is 9.70. The molecule has 0 spiro atoms. The standard InChI is InChI=1S/C12H15NO5/c14-11(15)7-6-10(12(16)17)13-18-8-9-4-2-1-3-5-9/h1-5,10,13H,6-8H2,(H,14,15)(H,16,17). The van der Waals surface area contributed by atoms with E-state index in [1.807, 2.05) is 30.3 Å². The lowest BCUT2D eigenvalue weighted by molar-refractivity contribution is -0.145. The summed E-state index contributed by atoms with van der Waals surface area (Å²) in [5, 5.41) is 17.3. The molecule has 0 heterocycles. The highest BCUT2D eigenvalue weighted by molar-refractivity contribution is 5.74. The molecule has 1 unspecified atom stereocenters. The van der Waals surface area contributed by atoms with Gasteiger partial charge in [0.05, 0.1) is 6.61 Å². The predicted octanol–water partition coefficient (Wildman–Crippen LogP) is 1.03. The van der Waals surface area contributed by atoms with Gasteiger partial charge in [0.2, 0.25) is 0 Å². The van der Waals surface area contributed by atoms with Gasteiger partial charge in [-0.15, -0.1) is 0 Å². The Labute approximate surface area is 104 Å². The van der Waals surface area contributed by atoms with Crippen molar-refractivity contribution in [3.05, 3.63) is 35.9 Å². The monoisotopic (exact) mass is 253 g/mol. The number of hydrogen-bond acceptors (Lipinski definition) is 4. The number of rotatable bonds is 8. The van der Waals surface area contributed by atoms with E-state index in [1.165, 1.54) is 0 Å². The number of carbonyl (C=O) groups is 2. The molecule has 1 aromatic rings. The van der Waals surface area contributed by atoms with Crippen LogP contribution in [0.25, 0.3) is 0 Å². The molecule has 0 aromatic heterocycles. The maximum Gasteiger partial charge on any atom is 0.323 e. The van der Waals surface area contributed by atoms with E-state index in [1.54, 1.807) is 0 Å². The van der Waals surface area contributed by atoms with E-state index in [2.05, 4.69) is 5.48 Å². The van der Waals surface area contributed by atoms with Crippen molar-refractivity contribution in [2.75, 3.05) is 0 Å². The van der Waals surface area contributed by atoms with Crippen LogP contribution in [0.1, 0.15) is 18.4 Å². The lowest BCUT2D eigenvalue weighted by Gasteiger charge is -2.13. The van der Waals surface area contributed by atoms with Crippen LogP contribution in [-0.4, -0.2) is 28.2 Å². The molecule has 0 bridgehead atoms. The minimum absolute atomic E-state index is 0.0283. The van der Waals surface area contributed by atoms with Crippen molar-refractivity contribution in [2.45, 2.75) is 25.5 Å². The van der Waals surface area contributed by atoms with Crippen LogP contribution in [0.3, 0.4) is 0 Å². The third-order valence-corrected chi connectivity index (χ3v) is 2.25. The van der Waals surface area contributed by atoms with Crippen molar-refractivity contribution in [2.24, 2.45) is 0 Å². The third kappa shape index (κ3) is 5.42. The quantitative estimate of drug-likeness (QED) is 0.599. The van der Waals surface area contributed by atoms with E-state index >= 15 is 0 Å². The van der Waals surface area contributed by atoms with Gasteiger partial charge in [0.15, 0.2) is 0 Å². The highest BCUT2D eigenvalue weighted by atomic mass is 16.6. The molecule has 0 saturated carbocycles. The second-order valence-corrected chi connectivity index (χ2v) is 3.72. The molecule has 98 valence electrons. The Balaban J connectivity index is 2.34. The first-order chi connectivity index (χ1) is 8.59. The molecule has 0 saturated heterocycles. The number of benzene rings is 1. The van der Waals surface area contributed by atoms with Gasteiger partial charge in [-0.1, -0.05) is 30.3 Å². The Morgan fingerprint density at radius 2 is 1.89 bits per heavy atom. The highest BCUT2D eigenvalue weighted by Gasteiger charge is 2.18. The molecule has 6 nitrogen and oxygen atoms in total. The van der Waals surface area contributed by atoms with Gasteiger partial charge in [-0.2, -0.15) is 5.48 Å². The SMILES string of the molecule is O=C(O)CCC(NOCc1ccccc1)C(=O)O. The van der Waals surface area contributed by atoms with Crippen LogP contribution >= 0.6 is 0 Å². The van der Waals surface area contributed by atoms with E-state index in [9.17, 15) is 9.59 Å². The number of aliphatic carboxylic acids is 2. The molecule has 1 atom stereocenters. The van der Waals surface area contributed by atoms with Gasteiger partial charge in [-0.3, -0.25) is 14.4 Å². The summed E-state index contributed by atoms with van der Waals surface area (Å²) >= 11 is 0. The summed E-state index contributed by atoms with van der Waals surface area (Å²) in [6.45, 7) is 0.220. The third-order valence-electron chi connectivity index (χ3n) is 2.25. The normalized spacial score (nSPS) is 12.0. The number of nitrogens with one attached hydrogen (secondary N) is 1. The summed E-state index contributed by atoms with van der Waals surface area (Å²) in [4.78, 5) is 26.2. The highest BCUT2D eigenvalue weighted by Crippen LogP contribution is 2.02. The Hall–Kier alpha value is -1.92. The fourth-order valence-corrected chi connectivity index (χ4v) is 1.30. The fourth-order valence-electron chi connectivity index (χ4n) is 1.30. The van der Waals surface area contributed by atoms with Crippen LogP contribution < -0.4 is 5.48 Å². The van der Waals surface area contributed by atoms with Gasteiger partial charge in [0.1, 0.15) is 6.04 Å². The van der Waals surface area contributed by atoms with Gasteiger partial charge in [0, 0.05) is 6.42 Å². The molecule has 0 aliphatic heterocycles. The number of hydroxylamine groups is 1. The summed E-state index contributed by atoms with van der Waals surface area (Å²) in [7, 11) is 0. The number of carboxylic acid groups (broad SMARTS) is 2. The van der Waals surface area contributed by atoms with Crippen molar-refractivity contribution < 1.29 is 24.6 Å². The first kappa shape index (κ1) is 14.1. The van der Waals surface area contributed by atoms with Crippen molar-refractivity contribution in [3.63, 3.8) is 0 Å². The summed E-state index contributed by atoms with van der Waals surface area (Å²) in [5.41, 5.74) is 3.26. The summed E-state index contributed by atoms with van der Waals surface area (Å²) in [5.74, 6) is -2.17. The van der Waals surface area contributed by atoms with Gasteiger partial charge < -0.3 is 10.2 Å². The Morgan fingerprint density at radius 1 is 1.22 bits per heavy atom. The molecule has 1 aromatic carbocycles. The largest absolute Gasteiger partial charge is 0.481 e. The minimum Gasteiger partial charge on any atom is -0.481 e. The van der Waals surface area contributed by atoms with Gasteiger partial charge in [0.25, 0.3) is 0 Å².